The molecule has 0 saturated heterocycles. The number of rotatable bonds is 3. The van der Waals surface area contributed by atoms with Crippen molar-refractivity contribution in [1.82, 2.24) is 0 Å². The van der Waals surface area contributed by atoms with Gasteiger partial charge in [-0.25, -0.2) is 4.99 Å². The monoisotopic (exact) mass is 442 g/mol. The summed E-state index contributed by atoms with van der Waals surface area (Å²) in [5.74, 6) is -0.591. The van der Waals surface area contributed by atoms with Crippen LogP contribution in [0.4, 0.5) is 18.9 Å². The lowest BCUT2D eigenvalue weighted by Gasteiger charge is -2.21. The zero-order valence-corrected chi connectivity index (χ0v) is 16.5. The Morgan fingerprint density at radius 3 is 2.32 bits per heavy atom. The van der Waals surface area contributed by atoms with Gasteiger partial charge in [0, 0.05) is 11.1 Å². The SMILES string of the molecule is O=C1/C(=C/c2ccccc2O)N=C(c2ccccc2)N1c1cc(C(F)(F)F)ccc1Cl. The number of phenols is 1. The molecule has 0 bridgehead atoms. The molecule has 1 heterocycles. The van der Waals surface area contributed by atoms with Gasteiger partial charge in [-0.2, -0.15) is 13.2 Å². The molecule has 4 rings (SSSR count). The molecule has 0 atom stereocenters. The van der Waals surface area contributed by atoms with Crippen LogP contribution in [0, 0.1) is 0 Å². The van der Waals surface area contributed by atoms with E-state index in [1.54, 1.807) is 48.5 Å². The van der Waals surface area contributed by atoms with E-state index in [0.717, 1.165) is 23.1 Å². The highest BCUT2D eigenvalue weighted by molar-refractivity contribution is 6.39. The smallest absolute Gasteiger partial charge is 0.416 e. The largest absolute Gasteiger partial charge is 0.507 e. The van der Waals surface area contributed by atoms with Gasteiger partial charge in [0.05, 0.1) is 16.3 Å². The molecule has 0 spiro atoms. The number of aromatic hydroxyl groups is 1. The van der Waals surface area contributed by atoms with Crippen molar-refractivity contribution < 1.29 is 23.1 Å². The molecule has 0 saturated carbocycles. The number of carbonyl (C=O) groups is 1. The van der Waals surface area contributed by atoms with E-state index in [1.165, 1.54) is 12.1 Å². The molecule has 0 aliphatic carbocycles. The number of anilines is 1. The fourth-order valence-corrected chi connectivity index (χ4v) is 3.34. The highest BCUT2D eigenvalue weighted by atomic mass is 35.5. The molecule has 1 aliphatic heterocycles. The van der Waals surface area contributed by atoms with Crippen molar-refractivity contribution in [1.29, 1.82) is 0 Å². The standard InChI is InChI=1S/C23H14ClF3N2O2/c24-17-11-10-16(23(25,26)27)13-19(17)29-21(14-6-2-1-3-7-14)28-18(22(29)31)12-15-8-4-5-9-20(15)30/h1-13,30H/b18-12-. The van der Waals surface area contributed by atoms with Crippen LogP contribution >= 0.6 is 11.6 Å². The highest BCUT2D eigenvalue weighted by Crippen LogP contribution is 2.38. The molecule has 156 valence electrons. The lowest BCUT2D eigenvalue weighted by molar-refractivity contribution is -0.137. The maximum atomic E-state index is 13.3. The van der Waals surface area contributed by atoms with Crippen LogP contribution in [0.5, 0.6) is 5.75 Å². The van der Waals surface area contributed by atoms with Gasteiger partial charge in [0.1, 0.15) is 17.3 Å². The second-order valence-corrected chi connectivity index (χ2v) is 7.10. The van der Waals surface area contributed by atoms with Crippen LogP contribution in [-0.2, 0) is 11.0 Å². The van der Waals surface area contributed by atoms with Crippen molar-refractivity contribution in [2.75, 3.05) is 4.90 Å². The van der Waals surface area contributed by atoms with E-state index in [9.17, 15) is 23.1 Å². The van der Waals surface area contributed by atoms with Crippen LogP contribution in [0.1, 0.15) is 16.7 Å². The van der Waals surface area contributed by atoms with Gasteiger partial charge in [0.25, 0.3) is 5.91 Å². The van der Waals surface area contributed by atoms with Gasteiger partial charge in [-0.15, -0.1) is 0 Å². The van der Waals surface area contributed by atoms with Gasteiger partial charge in [-0.05, 0) is 30.3 Å². The second kappa shape index (κ2) is 7.92. The van der Waals surface area contributed by atoms with Crippen molar-refractivity contribution in [3.05, 3.63) is 100 Å². The van der Waals surface area contributed by atoms with Crippen molar-refractivity contribution in [2.45, 2.75) is 6.18 Å². The summed E-state index contributed by atoms with van der Waals surface area (Å²) in [6.07, 6.45) is -3.23. The van der Waals surface area contributed by atoms with Crippen LogP contribution in [0.15, 0.2) is 83.5 Å². The van der Waals surface area contributed by atoms with Crippen molar-refractivity contribution in [3.63, 3.8) is 0 Å². The average molecular weight is 443 g/mol. The predicted molar refractivity (Wildman–Crippen MR) is 113 cm³/mol. The van der Waals surface area contributed by atoms with Crippen LogP contribution in [0.25, 0.3) is 6.08 Å². The number of benzene rings is 3. The van der Waals surface area contributed by atoms with Gasteiger partial charge in [0.15, 0.2) is 0 Å². The molecule has 3 aromatic carbocycles. The van der Waals surface area contributed by atoms with Gasteiger partial charge >= 0.3 is 6.18 Å². The van der Waals surface area contributed by atoms with E-state index in [2.05, 4.69) is 4.99 Å². The number of aliphatic imine (C=N–C) groups is 1. The third-order valence-electron chi connectivity index (χ3n) is 4.64. The number of halogens is 4. The van der Waals surface area contributed by atoms with E-state index in [4.69, 9.17) is 11.6 Å². The molecule has 1 amide bonds. The molecule has 0 fully saturated rings. The topological polar surface area (TPSA) is 52.9 Å². The number of hydrogen-bond donors (Lipinski definition) is 1. The first-order valence-corrected chi connectivity index (χ1v) is 9.48. The number of carbonyl (C=O) groups excluding carboxylic acids is 1. The quantitative estimate of drug-likeness (QED) is 0.513. The summed E-state index contributed by atoms with van der Waals surface area (Å²) in [5, 5.41) is 10.00. The van der Waals surface area contributed by atoms with Crippen molar-refractivity contribution >= 4 is 35.1 Å². The maximum Gasteiger partial charge on any atom is 0.416 e. The zero-order valence-electron chi connectivity index (χ0n) is 15.8. The molecule has 1 aliphatic rings. The number of alkyl halides is 3. The minimum absolute atomic E-state index is 0.0335. The number of para-hydroxylation sites is 1. The number of phenolic OH excluding ortho intramolecular Hbond substituents is 1. The van der Waals surface area contributed by atoms with Crippen molar-refractivity contribution in [3.8, 4) is 5.75 Å². The normalized spacial score (nSPS) is 15.5. The second-order valence-electron chi connectivity index (χ2n) is 6.69. The molecular formula is C23H14ClF3N2O2. The Hall–Kier alpha value is -3.58. The molecule has 0 unspecified atom stereocenters. The number of nitrogens with zero attached hydrogens (tertiary/aromatic N) is 2. The first-order chi connectivity index (χ1) is 14.8. The molecule has 4 nitrogen and oxygen atoms in total. The third kappa shape index (κ3) is 4.04. The Kier molecular flexibility index (Phi) is 5.29. The van der Waals surface area contributed by atoms with E-state index in [1.807, 2.05) is 0 Å². The summed E-state index contributed by atoms with van der Waals surface area (Å²) in [5.41, 5.74) is -0.257. The summed E-state index contributed by atoms with van der Waals surface area (Å²) in [6, 6.07) is 17.7. The number of hydrogen-bond acceptors (Lipinski definition) is 3. The molecule has 3 aromatic rings. The Bertz CT molecular complexity index is 1220. The Morgan fingerprint density at radius 2 is 1.65 bits per heavy atom. The van der Waals surface area contributed by atoms with Crippen LogP contribution in [-0.4, -0.2) is 16.8 Å². The minimum atomic E-state index is -4.61. The van der Waals surface area contributed by atoms with E-state index >= 15 is 0 Å². The fourth-order valence-electron chi connectivity index (χ4n) is 3.14. The predicted octanol–water partition coefficient (Wildman–Crippen LogP) is 5.90. The van der Waals surface area contributed by atoms with Crippen LogP contribution in [0.3, 0.4) is 0 Å². The minimum Gasteiger partial charge on any atom is -0.507 e. The molecule has 8 heteroatoms. The van der Waals surface area contributed by atoms with E-state index in [-0.39, 0.29) is 28.0 Å². The maximum absolute atomic E-state index is 13.3. The molecule has 0 aromatic heterocycles. The summed E-state index contributed by atoms with van der Waals surface area (Å²) >= 11 is 6.20. The Balaban J connectivity index is 1.89. The summed E-state index contributed by atoms with van der Waals surface area (Å²) in [6.45, 7) is 0. The van der Waals surface area contributed by atoms with E-state index < -0.39 is 17.6 Å². The fraction of sp³-hybridized carbons (Fsp3) is 0.0435. The third-order valence-corrected chi connectivity index (χ3v) is 4.96. The number of amidine groups is 1. The molecular weight excluding hydrogens is 429 g/mol. The Labute approximate surface area is 180 Å². The lowest BCUT2D eigenvalue weighted by Crippen LogP contribution is -2.33. The van der Waals surface area contributed by atoms with Crippen molar-refractivity contribution in [2.24, 2.45) is 4.99 Å². The van der Waals surface area contributed by atoms with Gasteiger partial charge in [-0.1, -0.05) is 60.1 Å². The number of amides is 1. The average Bonchev–Trinajstić information content (AvgIpc) is 3.06. The highest BCUT2D eigenvalue weighted by Gasteiger charge is 2.37. The van der Waals surface area contributed by atoms with Crippen LogP contribution in [0.2, 0.25) is 5.02 Å². The lowest BCUT2D eigenvalue weighted by atomic mass is 10.1. The summed E-state index contributed by atoms with van der Waals surface area (Å²) in [4.78, 5) is 18.7. The van der Waals surface area contributed by atoms with Crippen LogP contribution < -0.4 is 4.90 Å². The van der Waals surface area contributed by atoms with Gasteiger partial charge in [-0.3, -0.25) is 9.69 Å². The molecule has 31 heavy (non-hydrogen) atoms. The van der Waals surface area contributed by atoms with Gasteiger partial charge < -0.3 is 5.11 Å². The first-order valence-electron chi connectivity index (χ1n) is 9.11. The van der Waals surface area contributed by atoms with E-state index in [0.29, 0.717) is 11.1 Å². The molecule has 0 radical (unpaired) electrons. The first kappa shape index (κ1) is 20.7. The molecule has 1 N–H and O–H groups in total. The summed E-state index contributed by atoms with van der Waals surface area (Å²) in [7, 11) is 0. The zero-order chi connectivity index (χ0) is 22.2. The Morgan fingerprint density at radius 1 is 0.968 bits per heavy atom. The van der Waals surface area contributed by atoms with Gasteiger partial charge in [0.2, 0.25) is 0 Å². The summed E-state index contributed by atoms with van der Waals surface area (Å²) < 4.78 is 39.9.